The highest BCUT2D eigenvalue weighted by Gasteiger charge is 2.78. The first-order valence-electron chi connectivity index (χ1n) is 4.45. The topological polar surface area (TPSA) is 3.24 Å². The van der Waals surface area contributed by atoms with Gasteiger partial charge in [0.15, 0.2) is 5.57 Å². The van der Waals surface area contributed by atoms with E-state index in [4.69, 9.17) is 0 Å². The molecule has 0 aromatic heterocycles. The Morgan fingerprint density at radius 3 is 1.30 bits per heavy atom. The van der Waals surface area contributed by atoms with Gasteiger partial charge < -0.3 is 4.90 Å². The van der Waals surface area contributed by atoms with Crippen LogP contribution in [0.4, 0.5) is 48.3 Å². The molecule has 0 unspecified atom stereocenters. The molecule has 0 spiro atoms. The maximum Gasteiger partial charge on any atom is 0.460 e. The number of alkyl halides is 10. The molecule has 20 heavy (non-hydrogen) atoms. The van der Waals surface area contributed by atoms with Gasteiger partial charge in [0.1, 0.15) is 0 Å². The molecule has 0 bridgehead atoms. The lowest BCUT2D eigenvalue weighted by molar-refractivity contribution is -0.351. The second kappa shape index (κ2) is 4.95. The third-order valence-corrected chi connectivity index (χ3v) is 1.95. The molecular weight excluding hydrogens is 319 g/mol. The molecule has 0 saturated heterocycles. The Bertz CT molecular complexity index is 386. The van der Waals surface area contributed by atoms with E-state index < -0.39 is 35.7 Å². The minimum absolute atomic E-state index is 0.302. The minimum Gasteiger partial charge on any atom is -0.354 e. The van der Waals surface area contributed by atoms with Crippen molar-refractivity contribution in [3.63, 3.8) is 0 Å². The van der Waals surface area contributed by atoms with Crippen LogP contribution >= 0.6 is 0 Å². The van der Waals surface area contributed by atoms with Crippen LogP contribution in [0.25, 0.3) is 0 Å². The van der Waals surface area contributed by atoms with Crippen LogP contribution in [0, 0.1) is 0 Å². The molecule has 120 valence electrons. The third kappa shape index (κ3) is 3.08. The molecule has 0 aromatic rings. The molecule has 0 aromatic carbocycles. The van der Waals surface area contributed by atoms with Gasteiger partial charge in [0.2, 0.25) is 5.95 Å². The Hall–Kier alpha value is -1.23. The van der Waals surface area contributed by atoms with E-state index in [-0.39, 0.29) is 4.90 Å². The van der Waals surface area contributed by atoms with Crippen LogP contribution in [0.3, 0.4) is 0 Å². The summed E-state index contributed by atoms with van der Waals surface area (Å²) in [6.45, 7) is 0. The lowest BCUT2D eigenvalue weighted by Crippen LogP contribution is -2.55. The molecular formula is C8H6F11N. The average molecular weight is 325 g/mol. The first kappa shape index (κ1) is 18.8. The minimum atomic E-state index is -7.10. The highest BCUT2D eigenvalue weighted by Crippen LogP contribution is 2.54. The average Bonchev–Trinajstić information content (AvgIpc) is 2.12. The van der Waals surface area contributed by atoms with Crippen LogP contribution in [-0.2, 0) is 0 Å². The zero-order valence-corrected chi connectivity index (χ0v) is 9.60. The number of rotatable bonds is 3. The van der Waals surface area contributed by atoms with Gasteiger partial charge >= 0.3 is 24.2 Å². The van der Waals surface area contributed by atoms with E-state index in [1.807, 2.05) is 0 Å². The number of halogens is 11. The van der Waals surface area contributed by atoms with E-state index >= 15 is 0 Å². The molecule has 0 N–H and O–H groups in total. The van der Waals surface area contributed by atoms with Gasteiger partial charge in [-0.3, -0.25) is 0 Å². The summed E-state index contributed by atoms with van der Waals surface area (Å²) < 4.78 is 136. The molecule has 0 rings (SSSR count). The van der Waals surface area contributed by atoms with Crippen molar-refractivity contribution < 1.29 is 48.3 Å². The molecule has 0 fully saturated rings. The van der Waals surface area contributed by atoms with Gasteiger partial charge in [0.25, 0.3) is 0 Å². The van der Waals surface area contributed by atoms with Gasteiger partial charge in [-0.1, -0.05) is 0 Å². The molecule has 0 amide bonds. The third-order valence-electron chi connectivity index (χ3n) is 1.95. The Kier molecular flexibility index (Phi) is 4.65. The zero-order valence-electron chi connectivity index (χ0n) is 9.60. The van der Waals surface area contributed by atoms with Gasteiger partial charge in [-0.25, -0.2) is 0 Å². The number of hydrogen-bond acceptors (Lipinski definition) is 1. The van der Waals surface area contributed by atoms with Crippen LogP contribution in [-0.4, -0.2) is 43.2 Å². The molecule has 0 aliphatic carbocycles. The van der Waals surface area contributed by atoms with Crippen LogP contribution in [0.1, 0.15) is 0 Å². The Labute approximate surface area is 104 Å². The van der Waals surface area contributed by atoms with Crippen molar-refractivity contribution in [3.05, 3.63) is 11.5 Å². The molecule has 0 atom stereocenters. The van der Waals surface area contributed by atoms with E-state index in [9.17, 15) is 48.3 Å². The summed E-state index contributed by atoms with van der Waals surface area (Å²) in [6, 6.07) is 0. The summed E-state index contributed by atoms with van der Waals surface area (Å²) in [5.74, 6) is -16.9. The maximum atomic E-state index is 13.0. The summed E-state index contributed by atoms with van der Waals surface area (Å²) >= 11 is 0. The van der Waals surface area contributed by atoms with Gasteiger partial charge in [-0.05, 0) is 0 Å². The van der Waals surface area contributed by atoms with Gasteiger partial charge in [0.05, 0.1) is 0 Å². The molecule has 0 saturated carbocycles. The summed E-state index contributed by atoms with van der Waals surface area (Å²) in [4.78, 5) is -0.302. The van der Waals surface area contributed by atoms with Crippen molar-refractivity contribution in [1.29, 1.82) is 0 Å². The Balaban J connectivity index is 6.31. The first-order chi connectivity index (χ1) is 8.48. The summed E-state index contributed by atoms with van der Waals surface area (Å²) in [7, 11) is 0.839. The van der Waals surface area contributed by atoms with Crippen molar-refractivity contribution in [2.45, 2.75) is 24.2 Å². The lowest BCUT2D eigenvalue weighted by Gasteiger charge is -2.31. The van der Waals surface area contributed by atoms with Crippen molar-refractivity contribution in [1.82, 2.24) is 4.90 Å². The van der Waals surface area contributed by atoms with Crippen molar-refractivity contribution in [2.24, 2.45) is 0 Å². The summed E-state index contributed by atoms with van der Waals surface area (Å²) in [5.41, 5.74) is -3.91. The predicted molar refractivity (Wildman–Crippen MR) is 43.8 cm³/mol. The maximum absolute atomic E-state index is 13.0. The number of allylic oxidation sites excluding steroid dienone is 1. The van der Waals surface area contributed by atoms with E-state index in [0.29, 0.717) is 14.1 Å². The Morgan fingerprint density at radius 1 is 0.750 bits per heavy atom. The second-order valence-corrected chi connectivity index (χ2v) is 3.70. The highest BCUT2D eigenvalue weighted by atomic mass is 19.4. The molecule has 0 heterocycles. The van der Waals surface area contributed by atoms with E-state index in [0.717, 1.165) is 0 Å². The molecule has 0 aliphatic rings. The van der Waals surface area contributed by atoms with Crippen LogP contribution < -0.4 is 0 Å². The Morgan fingerprint density at radius 2 is 1.10 bits per heavy atom. The van der Waals surface area contributed by atoms with Crippen molar-refractivity contribution in [2.75, 3.05) is 14.1 Å². The molecule has 1 nitrogen and oxygen atoms in total. The zero-order chi connectivity index (χ0) is 16.7. The molecule has 12 heteroatoms. The summed E-state index contributed by atoms with van der Waals surface area (Å²) in [5, 5.41) is 0. The van der Waals surface area contributed by atoms with E-state index in [1.54, 1.807) is 0 Å². The monoisotopic (exact) mass is 325 g/mol. The highest BCUT2D eigenvalue weighted by molar-refractivity contribution is 5.26. The van der Waals surface area contributed by atoms with E-state index in [2.05, 4.69) is 0 Å². The van der Waals surface area contributed by atoms with E-state index in [1.165, 1.54) is 0 Å². The van der Waals surface area contributed by atoms with Crippen molar-refractivity contribution in [3.8, 4) is 0 Å². The van der Waals surface area contributed by atoms with Crippen molar-refractivity contribution >= 4 is 0 Å². The second-order valence-electron chi connectivity index (χ2n) is 3.70. The number of nitrogens with zero attached hydrogens (tertiary/aromatic N) is 1. The summed E-state index contributed by atoms with van der Waals surface area (Å²) in [6.07, 6.45) is -13.4. The fraction of sp³-hybridized carbons (Fsp3) is 0.750. The smallest absolute Gasteiger partial charge is 0.354 e. The molecule has 0 radical (unpaired) electrons. The standard InChI is InChI=1S/C8H6F11N/c1-20(2)4(9)3(6(12,13)14)5(10,11)7(15,16)8(17,18)19/h1-2H3/b4-3-. The van der Waals surface area contributed by atoms with Gasteiger partial charge in [-0.15, -0.1) is 0 Å². The van der Waals surface area contributed by atoms with Gasteiger partial charge in [0, 0.05) is 14.1 Å². The molecule has 0 aliphatic heterocycles. The largest absolute Gasteiger partial charge is 0.460 e. The normalized spacial score (nSPS) is 16.1. The SMILES string of the molecule is CN(C)/C(F)=C(\C(F)(F)F)C(F)(F)C(F)(F)C(F)(F)F. The van der Waals surface area contributed by atoms with Gasteiger partial charge in [-0.2, -0.15) is 48.3 Å². The van der Waals surface area contributed by atoms with Crippen LogP contribution in [0.2, 0.25) is 0 Å². The fourth-order valence-corrected chi connectivity index (χ4v) is 0.983. The predicted octanol–water partition coefficient (Wildman–Crippen LogP) is 4.12. The first-order valence-corrected chi connectivity index (χ1v) is 4.45. The van der Waals surface area contributed by atoms with Crippen LogP contribution in [0.5, 0.6) is 0 Å². The lowest BCUT2D eigenvalue weighted by atomic mass is 10.0. The quantitative estimate of drug-likeness (QED) is 0.557. The fourth-order valence-electron chi connectivity index (χ4n) is 0.983. The number of hydrogen-bond donors (Lipinski definition) is 0. The van der Waals surface area contributed by atoms with Crippen LogP contribution in [0.15, 0.2) is 11.5 Å².